The van der Waals surface area contributed by atoms with Gasteiger partial charge in [0.05, 0.1) is 14.2 Å². The first-order valence-corrected chi connectivity index (χ1v) is 10.9. The molecule has 0 bridgehead atoms. The number of hydrogen-bond acceptors (Lipinski definition) is 6. The van der Waals surface area contributed by atoms with Gasteiger partial charge in [-0.15, -0.1) is 0 Å². The van der Waals surface area contributed by atoms with Gasteiger partial charge >= 0.3 is 0 Å². The Morgan fingerprint density at radius 2 is 1.91 bits per heavy atom. The molecule has 3 aromatic heterocycles. The molecule has 0 amide bonds. The molecule has 1 aromatic carbocycles. The van der Waals surface area contributed by atoms with E-state index in [2.05, 4.69) is 28.1 Å². The Balaban J connectivity index is 1.40. The number of rotatable bonds is 6. The second kappa shape index (κ2) is 8.96. The van der Waals surface area contributed by atoms with Crippen molar-refractivity contribution in [2.75, 3.05) is 27.3 Å². The molecule has 1 aliphatic rings. The SMILES string of the molecule is COc1cccc(-c2ccc3nc([C@H]4CCCN(Cc5ccncc5)C4)nn3c2)c1OC. The van der Waals surface area contributed by atoms with E-state index in [1.165, 1.54) is 5.56 Å². The van der Waals surface area contributed by atoms with E-state index in [9.17, 15) is 0 Å². The van der Waals surface area contributed by atoms with E-state index in [1.807, 2.05) is 47.4 Å². The molecule has 32 heavy (non-hydrogen) atoms. The molecule has 1 fully saturated rings. The summed E-state index contributed by atoms with van der Waals surface area (Å²) in [6.45, 7) is 3.01. The Bertz CT molecular complexity index is 1210. The zero-order chi connectivity index (χ0) is 21.9. The predicted octanol–water partition coefficient (Wildman–Crippen LogP) is 4.19. The largest absolute Gasteiger partial charge is 0.493 e. The molecule has 4 aromatic rings. The lowest BCUT2D eigenvalue weighted by Crippen LogP contribution is -2.34. The monoisotopic (exact) mass is 429 g/mol. The van der Waals surface area contributed by atoms with Crippen LogP contribution in [-0.2, 0) is 6.54 Å². The molecule has 5 rings (SSSR count). The maximum absolute atomic E-state index is 5.62. The van der Waals surface area contributed by atoms with Gasteiger partial charge in [-0.05, 0) is 55.3 Å². The average Bonchev–Trinajstić information content (AvgIpc) is 3.28. The minimum absolute atomic E-state index is 0.334. The lowest BCUT2D eigenvalue weighted by Gasteiger charge is -2.31. The Labute approximate surface area is 187 Å². The highest BCUT2D eigenvalue weighted by Crippen LogP contribution is 2.37. The Morgan fingerprint density at radius 1 is 1.03 bits per heavy atom. The van der Waals surface area contributed by atoms with Crippen LogP contribution in [0.15, 0.2) is 61.1 Å². The highest BCUT2D eigenvalue weighted by Gasteiger charge is 2.25. The molecule has 4 heterocycles. The lowest BCUT2D eigenvalue weighted by atomic mass is 9.97. The summed E-state index contributed by atoms with van der Waals surface area (Å²) in [6, 6.07) is 14.1. The van der Waals surface area contributed by atoms with Gasteiger partial charge in [-0.3, -0.25) is 9.88 Å². The van der Waals surface area contributed by atoms with Gasteiger partial charge in [0.1, 0.15) is 0 Å². The molecule has 7 nitrogen and oxygen atoms in total. The van der Waals surface area contributed by atoms with Gasteiger partial charge in [-0.25, -0.2) is 9.50 Å². The summed E-state index contributed by atoms with van der Waals surface area (Å²) in [6.07, 6.45) is 7.99. The Kier molecular flexibility index (Phi) is 5.73. The fourth-order valence-electron chi connectivity index (χ4n) is 4.50. The molecule has 1 atom stereocenters. The molecule has 1 saturated heterocycles. The third kappa shape index (κ3) is 4.03. The maximum atomic E-state index is 5.62. The molecule has 0 N–H and O–H groups in total. The number of methoxy groups -OCH3 is 2. The van der Waals surface area contributed by atoms with Crippen LogP contribution in [-0.4, -0.2) is 51.8 Å². The van der Waals surface area contributed by atoms with E-state index >= 15 is 0 Å². The second-order valence-corrected chi connectivity index (χ2v) is 8.16. The van der Waals surface area contributed by atoms with Crippen molar-refractivity contribution in [2.45, 2.75) is 25.3 Å². The number of ether oxygens (including phenoxy) is 2. The fraction of sp³-hybridized carbons (Fsp3) is 0.320. The van der Waals surface area contributed by atoms with Crippen LogP contribution in [0.3, 0.4) is 0 Å². The first kappa shape index (κ1) is 20.5. The van der Waals surface area contributed by atoms with E-state index < -0.39 is 0 Å². The predicted molar refractivity (Wildman–Crippen MR) is 123 cm³/mol. The van der Waals surface area contributed by atoms with Crippen molar-refractivity contribution in [1.82, 2.24) is 24.5 Å². The number of fused-ring (bicyclic) bond motifs is 1. The van der Waals surface area contributed by atoms with Crippen LogP contribution in [0.4, 0.5) is 0 Å². The topological polar surface area (TPSA) is 64.8 Å². The quantitative estimate of drug-likeness (QED) is 0.458. The van der Waals surface area contributed by atoms with E-state index in [0.29, 0.717) is 17.4 Å². The van der Waals surface area contributed by atoms with Gasteiger partial charge in [0, 0.05) is 48.7 Å². The van der Waals surface area contributed by atoms with Crippen LogP contribution < -0.4 is 9.47 Å². The summed E-state index contributed by atoms with van der Waals surface area (Å²) in [4.78, 5) is 11.5. The number of aromatic nitrogens is 4. The standard InChI is InChI=1S/C25H27N5O2/c1-31-22-7-3-6-21(24(22)32-2)19-8-9-23-27-25(28-30(23)17-19)20-5-4-14-29(16-20)15-18-10-12-26-13-11-18/h3,6-13,17,20H,4-5,14-16H2,1-2H3/t20-/m0/s1. The summed E-state index contributed by atoms with van der Waals surface area (Å²) in [5, 5.41) is 4.86. The molecule has 0 radical (unpaired) electrons. The molecule has 164 valence electrons. The highest BCUT2D eigenvalue weighted by atomic mass is 16.5. The average molecular weight is 430 g/mol. The highest BCUT2D eigenvalue weighted by molar-refractivity contribution is 5.74. The number of para-hydroxylation sites is 1. The van der Waals surface area contributed by atoms with Crippen LogP contribution in [0.2, 0.25) is 0 Å². The normalized spacial score (nSPS) is 16.9. The fourth-order valence-corrected chi connectivity index (χ4v) is 4.50. The van der Waals surface area contributed by atoms with Crippen LogP contribution >= 0.6 is 0 Å². The van der Waals surface area contributed by atoms with Crippen molar-refractivity contribution in [3.8, 4) is 22.6 Å². The molecule has 0 spiro atoms. The number of hydrogen-bond donors (Lipinski definition) is 0. The van der Waals surface area contributed by atoms with Crippen molar-refractivity contribution in [1.29, 1.82) is 0 Å². The number of nitrogens with zero attached hydrogens (tertiary/aromatic N) is 5. The van der Waals surface area contributed by atoms with Crippen LogP contribution in [0.1, 0.15) is 30.1 Å². The van der Waals surface area contributed by atoms with Crippen molar-refractivity contribution in [2.24, 2.45) is 0 Å². The van der Waals surface area contributed by atoms with Crippen molar-refractivity contribution in [3.05, 3.63) is 72.4 Å². The van der Waals surface area contributed by atoms with Crippen LogP contribution in [0.5, 0.6) is 11.5 Å². The zero-order valence-electron chi connectivity index (χ0n) is 18.4. The number of benzene rings is 1. The molecule has 0 saturated carbocycles. The second-order valence-electron chi connectivity index (χ2n) is 8.16. The molecule has 1 aliphatic heterocycles. The third-order valence-corrected chi connectivity index (χ3v) is 6.09. The van der Waals surface area contributed by atoms with Crippen molar-refractivity contribution < 1.29 is 9.47 Å². The number of likely N-dealkylation sites (tertiary alicyclic amines) is 1. The van der Waals surface area contributed by atoms with Gasteiger partial charge in [-0.2, -0.15) is 5.10 Å². The third-order valence-electron chi connectivity index (χ3n) is 6.09. The maximum Gasteiger partial charge on any atom is 0.168 e. The summed E-state index contributed by atoms with van der Waals surface area (Å²) < 4.78 is 12.9. The Hall–Kier alpha value is -3.45. The van der Waals surface area contributed by atoms with Crippen molar-refractivity contribution in [3.63, 3.8) is 0 Å². The smallest absolute Gasteiger partial charge is 0.168 e. The lowest BCUT2D eigenvalue weighted by molar-refractivity contribution is 0.196. The van der Waals surface area contributed by atoms with Gasteiger partial charge < -0.3 is 9.47 Å². The molecule has 7 heteroatoms. The van der Waals surface area contributed by atoms with E-state index in [1.54, 1.807) is 14.2 Å². The summed E-state index contributed by atoms with van der Waals surface area (Å²) in [5.41, 5.74) is 4.12. The Morgan fingerprint density at radius 3 is 2.72 bits per heavy atom. The zero-order valence-corrected chi connectivity index (χ0v) is 18.4. The molecule has 0 aliphatic carbocycles. The minimum Gasteiger partial charge on any atom is -0.493 e. The van der Waals surface area contributed by atoms with Crippen LogP contribution in [0.25, 0.3) is 16.8 Å². The number of piperidine rings is 1. The van der Waals surface area contributed by atoms with E-state index in [0.717, 1.165) is 55.1 Å². The van der Waals surface area contributed by atoms with Gasteiger partial charge in [-0.1, -0.05) is 12.1 Å². The van der Waals surface area contributed by atoms with Crippen LogP contribution in [0, 0.1) is 0 Å². The van der Waals surface area contributed by atoms with Crippen molar-refractivity contribution >= 4 is 5.65 Å². The summed E-state index contributed by atoms with van der Waals surface area (Å²) in [5.74, 6) is 2.68. The molecular formula is C25H27N5O2. The van der Waals surface area contributed by atoms with Gasteiger partial charge in [0.25, 0.3) is 0 Å². The van der Waals surface area contributed by atoms with Gasteiger partial charge in [0.15, 0.2) is 23.0 Å². The first-order valence-electron chi connectivity index (χ1n) is 10.9. The summed E-state index contributed by atoms with van der Waals surface area (Å²) in [7, 11) is 3.31. The van der Waals surface area contributed by atoms with E-state index in [-0.39, 0.29) is 0 Å². The van der Waals surface area contributed by atoms with E-state index in [4.69, 9.17) is 19.6 Å². The molecular weight excluding hydrogens is 402 g/mol. The minimum atomic E-state index is 0.334. The number of pyridine rings is 2. The summed E-state index contributed by atoms with van der Waals surface area (Å²) >= 11 is 0. The first-order chi connectivity index (χ1) is 15.7. The molecule has 0 unspecified atom stereocenters. The van der Waals surface area contributed by atoms with Gasteiger partial charge in [0.2, 0.25) is 0 Å².